The topological polar surface area (TPSA) is 52.1 Å². The number of furan rings is 2. The van der Waals surface area contributed by atoms with Crippen molar-refractivity contribution in [1.82, 2.24) is 9.97 Å². The van der Waals surface area contributed by atoms with E-state index in [0.29, 0.717) is 5.82 Å². The van der Waals surface area contributed by atoms with Gasteiger partial charge in [-0.2, -0.15) is 0 Å². The van der Waals surface area contributed by atoms with E-state index in [1.807, 2.05) is 36.4 Å². The molecule has 44 heavy (non-hydrogen) atoms. The predicted octanol–water partition coefficient (Wildman–Crippen LogP) is 11.0. The van der Waals surface area contributed by atoms with Gasteiger partial charge >= 0.3 is 0 Å². The summed E-state index contributed by atoms with van der Waals surface area (Å²) in [5.41, 5.74) is 8.05. The number of hydrogen-bond acceptors (Lipinski definition) is 4. The molecule has 10 aromatic rings. The molecule has 0 saturated heterocycles. The monoisotopic (exact) mass is 562 g/mol. The average molecular weight is 563 g/mol. The first-order chi connectivity index (χ1) is 21.8. The molecule has 0 aliphatic rings. The van der Waals surface area contributed by atoms with Crippen LogP contribution < -0.4 is 0 Å². The van der Waals surface area contributed by atoms with E-state index in [-0.39, 0.29) is 0 Å². The first-order valence-electron chi connectivity index (χ1n) is 14.7. The van der Waals surface area contributed by atoms with E-state index < -0.39 is 0 Å². The van der Waals surface area contributed by atoms with Crippen LogP contribution in [0.2, 0.25) is 0 Å². The fourth-order valence-electron chi connectivity index (χ4n) is 6.83. The van der Waals surface area contributed by atoms with Gasteiger partial charge in [0.05, 0.1) is 11.4 Å². The second kappa shape index (κ2) is 8.76. The molecular weight excluding hydrogens is 540 g/mol. The summed E-state index contributed by atoms with van der Waals surface area (Å²) in [4.78, 5) is 10.3. The third-order valence-electron chi connectivity index (χ3n) is 8.83. The fourth-order valence-corrected chi connectivity index (χ4v) is 6.83. The van der Waals surface area contributed by atoms with Gasteiger partial charge in [-0.1, -0.05) is 91.0 Å². The maximum atomic E-state index is 6.49. The maximum Gasteiger partial charge on any atom is 0.160 e. The van der Waals surface area contributed by atoms with Crippen LogP contribution in [0.4, 0.5) is 0 Å². The lowest BCUT2D eigenvalue weighted by molar-refractivity contribution is 0.669. The van der Waals surface area contributed by atoms with Crippen molar-refractivity contribution in [2.45, 2.75) is 0 Å². The standard InChI is InChI=1S/C40H22N2O2/c1-2-9-23(10-3-1)32-22-33(24-17-18-29-28-13-6-7-15-34(28)43-36(29)20-24)42-40(41-32)25-19-31-27-12-5-4-11-26(27)30-14-8-16-35-38(30)39(31)37(21-25)44-35/h1-22H. The minimum Gasteiger partial charge on any atom is -0.456 e. The third kappa shape index (κ3) is 3.33. The Morgan fingerprint density at radius 1 is 0.341 bits per heavy atom. The van der Waals surface area contributed by atoms with Crippen LogP contribution in [0.15, 0.2) is 142 Å². The van der Waals surface area contributed by atoms with Crippen LogP contribution in [0.25, 0.3) is 99.3 Å². The van der Waals surface area contributed by atoms with Gasteiger partial charge in [0.15, 0.2) is 5.82 Å². The summed E-state index contributed by atoms with van der Waals surface area (Å²) < 4.78 is 12.7. The highest BCUT2D eigenvalue weighted by Crippen LogP contribution is 2.44. The van der Waals surface area contributed by atoms with Gasteiger partial charge in [-0.3, -0.25) is 0 Å². The van der Waals surface area contributed by atoms with Crippen LogP contribution >= 0.6 is 0 Å². The second-order valence-electron chi connectivity index (χ2n) is 11.4. The lowest BCUT2D eigenvalue weighted by Gasteiger charge is -2.11. The molecule has 0 fully saturated rings. The van der Waals surface area contributed by atoms with Gasteiger partial charge in [-0.05, 0) is 64.0 Å². The number of fused-ring (bicyclic) bond motifs is 6. The Kier molecular flexibility index (Phi) is 4.69. The summed E-state index contributed by atoms with van der Waals surface area (Å²) in [6.45, 7) is 0. The highest BCUT2D eigenvalue weighted by atomic mass is 16.3. The molecule has 0 saturated carbocycles. The summed E-state index contributed by atoms with van der Waals surface area (Å²) in [5.74, 6) is 0.646. The minimum atomic E-state index is 0.646. The van der Waals surface area contributed by atoms with E-state index >= 15 is 0 Å². The second-order valence-corrected chi connectivity index (χ2v) is 11.4. The predicted molar refractivity (Wildman–Crippen MR) is 179 cm³/mol. The highest BCUT2D eigenvalue weighted by molar-refractivity contribution is 6.33. The molecular formula is C40H22N2O2. The lowest BCUT2D eigenvalue weighted by atomic mass is 9.93. The van der Waals surface area contributed by atoms with Gasteiger partial charge in [0.2, 0.25) is 0 Å². The van der Waals surface area contributed by atoms with Gasteiger partial charge in [-0.15, -0.1) is 0 Å². The first-order valence-corrected chi connectivity index (χ1v) is 14.7. The Bertz CT molecular complexity index is 2720. The van der Waals surface area contributed by atoms with Gasteiger partial charge in [-0.25, -0.2) is 9.97 Å². The molecule has 0 aliphatic carbocycles. The zero-order chi connectivity index (χ0) is 28.8. The van der Waals surface area contributed by atoms with Crippen molar-refractivity contribution in [3.63, 3.8) is 0 Å². The van der Waals surface area contributed by atoms with Gasteiger partial charge < -0.3 is 8.83 Å². The van der Waals surface area contributed by atoms with Crippen LogP contribution in [0.3, 0.4) is 0 Å². The molecule has 0 bridgehead atoms. The molecule has 0 spiro atoms. The van der Waals surface area contributed by atoms with Crippen molar-refractivity contribution < 1.29 is 8.83 Å². The summed E-state index contributed by atoms with van der Waals surface area (Å²) >= 11 is 0. The molecule has 0 radical (unpaired) electrons. The molecule has 0 amide bonds. The summed E-state index contributed by atoms with van der Waals surface area (Å²) in [5, 5.41) is 9.27. The van der Waals surface area contributed by atoms with Crippen LogP contribution in [-0.2, 0) is 0 Å². The molecule has 3 aromatic heterocycles. The van der Waals surface area contributed by atoms with E-state index in [1.54, 1.807) is 0 Å². The maximum absolute atomic E-state index is 6.49. The Morgan fingerprint density at radius 2 is 0.955 bits per heavy atom. The van der Waals surface area contributed by atoms with Gasteiger partial charge in [0.25, 0.3) is 0 Å². The van der Waals surface area contributed by atoms with Crippen LogP contribution in [0.1, 0.15) is 0 Å². The molecule has 3 heterocycles. The highest BCUT2D eigenvalue weighted by Gasteiger charge is 2.20. The summed E-state index contributed by atoms with van der Waals surface area (Å²) in [6.07, 6.45) is 0. The molecule has 204 valence electrons. The van der Waals surface area contributed by atoms with Crippen LogP contribution in [0.5, 0.6) is 0 Å². The summed E-state index contributed by atoms with van der Waals surface area (Å²) in [6, 6.07) is 46.0. The molecule has 0 N–H and O–H groups in total. The zero-order valence-electron chi connectivity index (χ0n) is 23.4. The largest absolute Gasteiger partial charge is 0.456 e. The Hall–Kier alpha value is -6.00. The van der Waals surface area contributed by atoms with Crippen molar-refractivity contribution in [3.8, 4) is 33.9 Å². The van der Waals surface area contributed by atoms with Gasteiger partial charge in [0, 0.05) is 38.2 Å². The van der Waals surface area contributed by atoms with Crippen molar-refractivity contribution in [3.05, 3.63) is 133 Å². The van der Waals surface area contributed by atoms with Gasteiger partial charge in [0.1, 0.15) is 22.3 Å². The number of benzene rings is 7. The minimum absolute atomic E-state index is 0.646. The smallest absolute Gasteiger partial charge is 0.160 e. The quantitative estimate of drug-likeness (QED) is 0.201. The first kappa shape index (κ1) is 23.6. The van der Waals surface area contributed by atoms with Crippen molar-refractivity contribution >= 4 is 65.4 Å². The van der Waals surface area contributed by atoms with E-state index in [4.69, 9.17) is 18.8 Å². The number of para-hydroxylation sites is 1. The normalized spacial score (nSPS) is 12.1. The zero-order valence-corrected chi connectivity index (χ0v) is 23.4. The molecule has 10 rings (SSSR count). The van der Waals surface area contributed by atoms with Crippen molar-refractivity contribution in [2.24, 2.45) is 0 Å². The van der Waals surface area contributed by atoms with Crippen molar-refractivity contribution in [1.29, 1.82) is 0 Å². The Balaban J connectivity index is 1.25. The fraction of sp³-hybridized carbons (Fsp3) is 0. The Morgan fingerprint density at radius 3 is 1.82 bits per heavy atom. The molecule has 0 aliphatic heterocycles. The van der Waals surface area contributed by atoms with Crippen molar-refractivity contribution in [2.75, 3.05) is 0 Å². The SMILES string of the molecule is c1ccc(-c2cc(-c3ccc4c(c3)oc3ccccc34)nc(-c3cc4oc5cccc6c7ccccc7c(c3)c4c56)n2)cc1. The average Bonchev–Trinajstić information content (AvgIpc) is 3.66. The van der Waals surface area contributed by atoms with Crippen LogP contribution in [0, 0.1) is 0 Å². The Labute approximate surface area is 251 Å². The number of aromatic nitrogens is 2. The van der Waals surface area contributed by atoms with Crippen LogP contribution in [-0.4, -0.2) is 9.97 Å². The molecule has 0 unspecified atom stereocenters. The van der Waals surface area contributed by atoms with E-state index in [1.165, 1.54) is 21.5 Å². The number of nitrogens with zero attached hydrogens (tertiary/aromatic N) is 2. The molecule has 0 atom stereocenters. The molecule has 4 heteroatoms. The number of hydrogen-bond donors (Lipinski definition) is 0. The third-order valence-corrected chi connectivity index (χ3v) is 8.83. The van der Waals surface area contributed by atoms with E-state index in [0.717, 1.165) is 72.0 Å². The van der Waals surface area contributed by atoms with E-state index in [9.17, 15) is 0 Å². The molecule has 7 aromatic carbocycles. The number of rotatable bonds is 3. The molecule has 4 nitrogen and oxygen atoms in total. The van der Waals surface area contributed by atoms with E-state index in [2.05, 4.69) is 97.1 Å². The summed E-state index contributed by atoms with van der Waals surface area (Å²) in [7, 11) is 0. The lowest BCUT2D eigenvalue weighted by Crippen LogP contribution is -1.96.